The predicted molar refractivity (Wildman–Crippen MR) is 179 cm³/mol. The Hall–Kier alpha value is -5.12. The Bertz CT molecular complexity index is 1980. The van der Waals surface area contributed by atoms with Crippen LogP contribution in [-0.4, -0.2) is 99.4 Å². The number of halogens is 2. The third kappa shape index (κ3) is 6.51. The molecule has 2 N–H and O–H groups in total. The zero-order valence-corrected chi connectivity index (χ0v) is 27.7. The summed E-state index contributed by atoms with van der Waals surface area (Å²) in [4.78, 5) is 52.9. The summed E-state index contributed by atoms with van der Waals surface area (Å²) in [6.07, 6.45) is 3.45. The SMILES string of the molecule is COC(=O)C1=C(CN2CCN3C(=O)N(c4ccn(Cc5ccc(C(=O)O)cc5)n4)C[C@@H]3C2)NC(c2nccs2)=N[C@H]1c1ccc(F)cc1Cl. The number of methoxy groups -OCH3 is 1. The van der Waals surface area contributed by atoms with Crippen LogP contribution in [0, 0.1) is 5.82 Å². The Morgan fingerprint density at radius 1 is 1.12 bits per heavy atom. The second-order valence-electron chi connectivity index (χ2n) is 11.7. The van der Waals surface area contributed by atoms with Gasteiger partial charge in [-0.25, -0.2) is 23.8 Å². The number of benzene rings is 2. The topological polar surface area (TPSA) is 145 Å². The number of amidine groups is 1. The van der Waals surface area contributed by atoms with Gasteiger partial charge in [0, 0.05) is 66.3 Å². The van der Waals surface area contributed by atoms with Gasteiger partial charge >= 0.3 is 18.0 Å². The fourth-order valence-corrected chi connectivity index (χ4v) is 7.18. The molecular formula is C33H30ClFN8O5S. The summed E-state index contributed by atoms with van der Waals surface area (Å²) in [5.41, 5.74) is 2.35. The Labute approximate surface area is 288 Å². The Morgan fingerprint density at radius 3 is 2.65 bits per heavy atom. The molecule has 0 bridgehead atoms. The number of nitrogens with one attached hydrogen (secondary N) is 1. The summed E-state index contributed by atoms with van der Waals surface area (Å²) in [7, 11) is 1.30. The van der Waals surface area contributed by atoms with E-state index in [4.69, 9.17) is 26.4 Å². The van der Waals surface area contributed by atoms with Crippen molar-refractivity contribution in [2.75, 3.05) is 44.7 Å². The molecule has 7 rings (SSSR count). The quantitative estimate of drug-likeness (QED) is 0.247. The number of aliphatic imine (C=N–C) groups is 1. The molecule has 252 valence electrons. The average Bonchev–Trinajstić information content (AvgIpc) is 3.86. The van der Waals surface area contributed by atoms with Gasteiger partial charge in [-0.3, -0.25) is 19.5 Å². The fourth-order valence-electron chi connectivity index (χ4n) is 6.32. The number of ether oxygens (including phenoxy) is 1. The number of aromatic nitrogens is 3. The normalized spacial score (nSPS) is 19.5. The Balaban J connectivity index is 1.10. The van der Waals surface area contributed by atoms with E-state index in [1.54, 1.807) is 52.3 Å². The zero-order valence-electron chi connectivity index (χ0n) is 26.1. The maximum atomic E-state index is 14.0. The number of carbonyl (C=O) groups excluding carboxylic acids is 2. The number of rotatable bonds is 9. The van der Waals surface area contributed by atoms with Crippen molar-refractivity contribution in [2.45, 2.75) is 18.6 Å². The van der Waals surface area contributed by atoms with Crippen molar-refractivity contribution in [3.63, 3.8) is 0 Å². The van der Waals surface area contributed by atoms with Crippen LogP contribution in [0.2, 0.25) is 5.02 Å². The molecule has 0 saturated carbocycles. The smallest absolute Gasteiger partial charge is 0.338 e. The molecule has 2 atom stereocenters. The van der Waals surface area contributed by atoms with Gasteiger partial charge in [0.05, 0.1) is 37.4 Å². The largest absolute Gasteiger partial charge is 0.478 e. The summed E-state index contributed by atoms with van der Waals surface area (Å²) in [6.45, 7) is 2.71. The molecule has 2 saturated heterocycles. The lowest BCUT2D eigenvalue weighted by atomic mass is 9.95. The lowest BCUT2D eigenvalue weighted by Gasteiger charge is -2.38. The lowest BCUT2D eigenvalue weighted by Crippen LogP contribution is -2.53. The van der Waals surface area contributed by atoms with Gasteiger partial charge < -0.3 is 20.1 Å². The van der Waals surface area contributed by atoms with E-state index in [0.717, 1.165) is 5.56 Å². The number of piperazine rings is 1. The van der Waals surface area contributed by atoms with Crippen LogP contribution in [0.3, 0.4) is 0 Å². The number of thiazole rings is 1. The standard InChI is InChI=1S/C33H30ClFN8O5S/c1-48-32(46)27-25(37-29(30-36-9-13-49-30)38-28(27)23-7-6-21(35)14-24(23)34)18-40-11-12-42-22(16-40)17-43(33(42)47)26-8-10-41(39-26)15-19-2-4-20(5-3-19)31(44)45/h2-10,13-14,22,28H,11-12,15-18H2,1H3,(H,37,38)(H,44,45)/t22-,28-/m0/s1. The molecule has 49 heavy (non-hydrogen) atoms. The van der Waals surface area contributed by atoms with Crippen molar-refractivity contribution >= 4 is 52.6 Å². The number of aromatic carboxylic acids is 1. The number of nitrogens with zero attached hydrogens (tertiary/aromatic N) is 7. The molecule has 0 aliphatic carbocycles. The number of anilines is 1. The van der Waals surface area contributed by atoms with E-state index >= 15 is 0 Å². The van der Waals surface area contributed by atoms with Crippen molar-refractivity contribution in [3.8, 4) is 0 Å². The van der Waals surface area contributed by atoms with E-state index in [1.807, 2.05) is 10.3 Å². The molecule has 4 aromatic rings. The minimum Gasteiger partial charge on any atom is -0.478 e. The Kier molecular flexibility index (Phi) is 8.88. The lowest BCUT2D eigenvalue weighted by molar-refractivity contribution is -0.136. The van der Waals surface area contributed by atoms with E-state index in [-0.39, 0.29) is 28.2 Å². The number of carbonyl (C=O) groups is 3. The van der Waals surface area contributed by atoms with Gasteiger partial charge in [0.25, 0.3) is 0 Å². The van der Waals surface area contributed by atoms with Crippen molar-refractivity contribution in [1.29, 1.82) is 0 Å². The van der Waals surface area contributed by atoms with Crippen LogP contribution in [0.15, 0.2) is 82.6 Å². The molecule has 2 aromatic carbocycles. The average molecular weight is 705 g/mol. The third-order valence-electron chi connectivity index (χ3n) is 8.69. The summed E-state index contributed by atoms with van der Waals surface area (Å²) in [5, 5.41) is 19.7. The summed E-state index contributed by atoms with van der Waals surface area (Å²) >= 11 is 7.87. The van der Waals surface area contributed by atoms with Crippen LogP contribution in [0.4, 0.5) is 15.0 Å². The second kappa shape index (κ2) is 13.4. The number of hydrogen-bond acceptors (Lipinski definition) is 10. The van der Waals surface area contributed by atoms with Gasteiger partial charge in [0.1, 0.15) is 11.9 Å². The number of urea groups is 1. The fraction of sp³-hybridized carbons (Fsp3) is 0.273. The van der Waals surface area contributed by atoms with Crippen LogP contribution in [0.1, 0.15) is 32.5 Å². The molecular weight excluding hydrogens is 675 g/mol. The molecule has 3 aliphatic heterocycles. The highest BCUT2D eigenvalue weighted by molar-refractivity contribution is 7.11. The van der Waals surface area contributed by atoms with E-state index in [1.165, 1.54) is 36.6 Å². The molecule has 0 radical (unpaired) electrons. The van der Waals surface area contributed by atoms with Gasteiger partial charge in [-0.05, 0) is 29.8 Å². The van der Waals surface area contributed by atoms with Crippen molar-refractivity contribution in [1.82, 2.24) is 29.9 Å². The second-order valence-corrected chi connectivity index (χ2v) is 13.0. The first kappa shape index (κ1) is 32.4. The number of carboxylic acids is 1. The van der Waals surface area contributed by atoms with E-state index < -0.39 is 23.8 Å². The first-order chi connectivity index (χ1) is 23.7. The Morgan fingerprint density at radius 2 is 1.94 bits per heavy atom. The molecule has 5 heterocycles. The highest BCUT2D eigenvalue weighted by Gasteiger charge is 2.43. The summed E-state index contributed by atoms with van der Waals surface area (Å²) in [6, 6.07) is 11.2. The third-order valence-corrected chi connectivity index (χ3v) is 9.80. The summed E-state index contributed by atoms with van der Waals surface area (Å²) in [5.74, 6) is -1.10. The van der Waals surface area contributed by atoms with Crippen LogP contribution in [0.25, 0.3) is 0 Å². The zero-order chi connectivity index (χ0) is 34.2. The number of carboxylic acid groups (broad SMARTS) is 1. The highest BCUT2D eigenvalue weighted by Crippen LogP contribution is 2.37. The molecule has 0 unspecified atom stereocenters. The van der Waals surface area contributed by atoms with Crippen LogP contribution >= 0.6 is 22.9 Å². The van der Waals surface area contributed by atoms with Crippen LogP contribution in [-0.2, 0) is 16.1 Å². The van der Waals surface area contributed by atoms with Crippen molar-refractivity contribution in [3.05, 3.63) is 110 Å². The van der Waals surface area contributed by atoms with E-state index in [0.29, 0.717) is 67.2 Å². The minimum atomic E-state index is -0.987. The van der Waals surface area contributed by atoms with Gasteiger partial charge in [-0.1, -0.05) is 29.8 Å². The number of esters is 1. The monoisotopic (exact) mass is 704 g/mol. The van der Waals surface area contributed by atoms with Gasteiger partial charge in [0.2, 0.25) is 0 Å². The van der Waals surface area contributed by atoms with E-state index in [9.17, 15) is 18.8 Å². The van der Waals surface area contributed by atoms with E-state index in [2.05, 4.69) is 20.3 Å². The minimum absolute atomic E-state index is 0.129. The number of fused-ring (bicyclic) bond motifs is 1. The van der Waals surface area contributed by atoms with Crippen LogP contribution < -0.4 is 10.2 Å². The van der Waals surface area contributed by atoms with Crippen molar-refractivity contribution < 1.29 is 28.6 Å². The molecule has 2 amide bonds. The first-order valence-electron chi connectivity index (χ1n) is 15.4. The predicted octanol–water partition coefficient (Wildman–Crippen LogP) is 4.02. The molecule has 16 heteroatoms. The molecule has 0 spiro atoms. The number of hydrogen-bond donors (Lipinski definition) is 2. The maximum Gasteiger partial charge on any atom is 0.338 e. The summed E-state index contributed by atoms with van der Waals surface area (Å²) < 4.78 is 20.9. The highest BCUT2D eigenvalue weighted by atomic mass is 35.5. The molecule has 3 aliphatic rings. The van der Waals surface area contributed by atoms with Crippen LogP contribution in [0.5, 0.6) is 0 Å². The number of amides is 2. The molecule has 2 fully saturated rings. The van der Waals surface area contributed by atoms with Gasteiger partial charge in [-0.2, -0.15) is 5.10 Å². The first-order valence-corrected chi connectivity index (χ1v) is 16.6. The maximum absolute atomic E-state index is 14.0. The molecule has 13 nitrogen and oxygen atoms in total. The van der Waals surface area contributed by atoms with Crippen molar-refractivity contribution in [2.24, 2.45) is 4.99 Å². The van der Waals surface area contributed by atoms with Gasteiger partial charge in [-0.15, -0.1) is 11.3 Å². The van der Waals surface area contributed by atoms with Gasteiger partial charge in [0.15, 0.2) is 16.7 Å². The molecule has 2 aromatic heterocycles.